The van der Waals surface area contributed by atoms with Gasteiger partial charge in [-0.05, 0) is 60.2 Å². The van der Waals surface area contributed by atoms with E-state index in [-0.39, 0.29) is 11.9 Å². The molecule has 1 aliphatic rings. The summed E-state index contributed by atoms with van der Waals surface area (Å²) >= 11 is 0. The Morgan fingerprint density at radius 2 is 2.05 bits per heavy atom. The van der Waals surface area contributed by atoms with Gasteiger partial charge in [0.2, 0.25) is 0 Å². The van der Waals surface area contributed by atoms with Crippen molar-refractivity contribution in [3.05, 3.63) is 53.3 Å². The van der Waals surface area contributed by atoms with Crippen molar-refractivity contribution in [3.8, 4) is 16.9 Å². The molecule has 0 aromatic heterocycles. The third-order valence-electron chi connectivity index (χ3n) is 3.98. The van der Waals surface area contributed by atoms with Gasteiger partial charge < -0.3 is 10.5 Å². The third-order valence-corrected chi connectivity index (χ3v) is 3.98. The van der Waals surface area contributed by atoms with E-state index in [1.54, 1.807) is 13.2 Å². The van der Waals surface area contributed by atoms with Crippen molar-refractivity contribution >= 4 is 0 Å². The van der Waals surface area contributed by atoms with Gasteiger partial charge in [0.15, 0.2) is 0 Å². The number of halogens is 1. The number of ether oxygens (including phenoxy) is 1. The lowest BCUT2D eigenvalue weighted by molar-refractivity contribution is 0.415. The number of benzene rings is 2. The lowest BCUT2D eigenvalue weighted by Gasteiger charge is -2.23. The monoisotopic (exact) mass is 271 g/mol. The molecule has 0 spiro atoms. The van der Waals surface area contributed by atoms with Gasteiger partial charge in [0.05, 0.1) is 7.11 Å². The molecule has 3 rings (SSSR count). The predicted octanol–water partition coefficient (Wildman–Crippen LogP) is 3.84. The van der Waals surface area contributed by atoms with E-state index in [2.05, 4.69) is 12.1 Å². The molecule has 3 heteroatoms. The maximum atomic E-state index is 13.5. The van der Waals surface area contributed by atoms with Crippen LogP contribution in [-0.4, -0.2) is 7.11 Å². The highest BCUT2D eigenvalue weighted by Crippen LogP contribution is 2.35. The van der Waals surface area contributed by atoms with Crippen molar-refractivity contribution < 1.29 is 9.13 Å². The van der Waals surface area contributed by atoms with Crippen molar-refractivity contribution in [1.82, 2.24) is 0 Å². The number of rotatable bonds is 2. The summed E-state index contributed by atoms with van der Waals surface area (Å²) in [6.45, 7) is 0. The zero-order chi connectivity index (χ0) is 14.1. The quantitative estimate of drug-likeness (QED) is 0.900. The maximum Gasteiger partial charge on any atom is 0.126 e. The molecule has 20 heavy (non-hydrogen) atoms. The van der Waals surface area contributed by atoms with Gasteiger partial charge in [-0.15, -0.1) is 0 Å². The second-order valence-corrected chi connectivity index (χ2v) is 5.26. The summed E-state index contributed by atoms with van der Waals surface area (Å²) in [4.78, 5) is 0. The van der Waals surface area contributed by atoms with E-state index in [9.17, 15) is 4.39 Å². The topological polar surface area (TPSA) is 35.2 Å². The zero-order valence-corrected chi connectivity index (χ0v) is 11.5. The van der Waals surface area contributed by atoms with Crippen molar-refractivity contribution in [2.75, 3.05) is 7.11 Å². The van der Waals surface area contributed by atoms with Gasteiger partial charge in [-0.25, -0.2) is 4.39 Å². The number of hydrogen-bond donors (Lipinski definition) is 1. The van der Waals surface area contributed by atoms with Crippen LogP contribution in [0.2, 0.25) is 0 Å². The van der Waals surface area contributed by atoms with E-state index >= 15 is 0 Å². The molecule has 0 amide bonds. The van der Waals surface area contributed by atoms with Crippen LogP contribution in [0.1, 0.15) is 30.0 Å². The molecule has 2 nitrogen and oxygen atoms in total. The first-order valence-electron chi connectivity index (χ1n) is 6.91. The Hall–Kier alpha value is -1.87. The van der Waals surface area contributed by atoms with Gasteiger partial charge in [-0.3, -0.25) is 0 Å². The van der Waals surface area contributed by atoms with Crippen LogP contribution < -0.4 is 10.5 Å². The molecule has 1 atom stereocenters. The summed E-state index contributed by atoms with van der Waals surface area (Å²) in [5, 5.41) is 0. The number of methoxy groups -OCH3 is 1. The molecule has 0 saturated carbocycles. The molecule has 0 saturated heterocycles. The van der Waals surface area contributed by atoms with E-state index in [1.807, 2.05) is 6.07 Å². The van der Waals surface area contributed by atoms with Crippen LogP contribution in [0.25, 0.3) is 11.1 Å². The SMILES string of the molecule is COc1ccc(F)cc1-c1ccc2c(c1)C(N)CCC2. The smallest absolute Gasteiger partial charge is 0.126 e. The lowest BCUT2D eigenvalue weighted by Crippen LogP contribution is -2.17. The van der Waals surface area contributed by atoms with Crippen LogP contribution in [0.3, 0.4) is 0 Å². The first kappa shape index (κ1) is 13.1. The normalized spacial score (nSPS) is 17.6. The van der Waals surface area contributed by atoms with Crippen LogP contribution in [0.15, 0.2) is 36.4 Å². The summed E-state index contributed by atoms with van der Waals surface area (Å²) in [5.74, 6) is 0.415. The minimum atomic E-state index is -0.261. The molecule has 104 valence electrons. The van der Waals surface area contributed by atoms with E-state index in [1.165, 1.54) is 23.3 Å². The Kier molecular flexibility index (Phi) is 3.45. The summed E-state index contributed by atoms with van der Waals surface area (Å²) in [7, 11) is 1.60. The largest absolute Gasteiger partial charge is 0.496 e. The molecule has 0 heterocycles. The van der Waals surface area contributed by atoms with Crippen molar-refractivity contribution in [1.29, 1.82) is 0 Å². The number of aryl methyl sites for hydroxylation is 1. The third kappa shape index (κ3) is 2.29. The zero-order valence-electron chi connectivity index (χ0n) is 11.5. The Balaban J connectivity index is 2.11. The highest BCUT2D eigenvalue weighted by Gasteiger charge is 2.18. The Labute approximate surface area is 118 Å². The lowest BCUT2D eigenvalue weighted by atomic mass is 9.86. The number of nitrogens with two attached hydrogens (primary N) is 1. The Morgan fingerprint density at radius 1 is 1.20 bits per heavy atom. The molecule has 2 aromatic carbocycles. The highest BCUT2D eigenvalue weighted by molar-refractivity contribution is 5.71. The fourth-order valence-corrected chi connectivity index (χ4v) is 2.91. The number of fused-ring (bicyclic) bond motifs is 1. The van der Waals surface area contributed by atoms with E-state index in [0.717, 1.165) is 30.4 Å². The molecule has 0 aliphatic heterocycles. The molecule has 2 N–H and O–H groups in total. The minimum absolute atomic E-state index is 0.0817. The summed E-state index contributed by atoms with van der Waals surface area (Å²) in [6, 6.07) is 10.9. The van der Waals surface area contributed by atoms with Crippen LogP contribution in [-0.2, 0) is 6.42 Å². The second kappa shape index (κ2) is 5.25. The standard InChI is InChI=1S/C17H18FNO/c1-20-17-8-7-13(18)10-15(17)12-6-5-11-3-2-4-16(19)14(11)9-12/h5-10,16H,2-4,19H2,1H3. The fourth-order valence-electron chi connectivity index (χ4n) is 2.91. The van der Waals surface area contributed by atoms with Gasteiger partial charge >= 0.3 is 0 Å². The van der Waals surface area contributed by atoms with E-state index < -0.39 is 0 Å². The van der Waals surface area contributed by atoms with Crippen LogP contribution in [0, 0.1) is 5.82 Å². The van der Waals surface area contributed by atoms with E-state index in [4.69, 9.17) is 10.5 Å². The van der Waals surface area contributed by atoms with E-state index in [0.29, 0.717) is 5.75 Å². The Bertz CT molecular complexity index is 639. The Morgan fingerprint density at radius 3 is 2.85 bits per heavy atom. The maximum absolute atomic E-state index is 13.5. The first-order valence-corrected chi connectivity index (χ1v) is 6.91. The molecular formula is C17H18FNO. The second-order valence-electron chi connectivity index (χ2n) is 5.26. The van der Waals surface area contributed by atoms with Gasteiger partial charge in [-0.1, -0.05) is 12.1 Å². The van der Waals surface area contributed by atoms with Crippen LogP contribution in [0.4, 0.5) is 4.39 Å². The summed E-state index contributed by atoms with van der Waals surface area (Å²) < 4.78 is 18.8. The van der Waals surface area contributed by atoms with Crippen LogP contribution >= 0.6 is 0 Å². The molecule has 0 radical (unpaired) electrons. The average Bonchev–Trinajstić information content (AvgIpc) is 2.47. The summed E-state index contributed by atoms with van der Waals surface area (Å²) in [5.41, 5.74) is 10.4. The fraction of sp³-hybridized carbons (Fsp3) is 0.294. The molecule has 1 aliphatic carbocycles. The molecular weight excluding hydrogens is 253 g/mol. The predicted molar refractivity (Wildman–Crippen MR) is 78.3 cm³/mol. The van der Waals surface area contributed by atoms with Gasteiger partial charge in [0.1, 0.15) is 11.6 Å². The van der Waals surface area contributed by atoms with Crippen molar-refractivity contribution in [2.24, 2.45) is 5.73 Å². The highest BCUT2D eigenvalue weighted by atomic mass is 19.1. The van der Waals surface area contributed by atoms with Crippen LogP contribution in [0.5, 0.6) is 5.75 Å². The molecule has 1 unspecified atom stereocenters. The molecule has 0 bridgehead atoms. The number of hydrogen-bond acceptors (Lipinski definition) is 2. The van der Waals surface area contributed by atoms with Gasteiger partial charge in [0.25, 0.3) is 0 Å². The molecule has 2 aromatic rings. The molecule has 0 fully saturated rings. The van der Waals surface area contributed by atoms with Gasteiger partial charge in [-0.2, -0.15) is 0 Å². The van der Waals surface area contributed by atoms with Crippen molar-refractivity contribution in [2.45, 2.75) is 25.3 Å². The summed E-state index contributed by atoms with van der Waals surface area (Å²) in [6.07, 6.45) is 3.22. The minimum Gasteiger partial charge on any atom is -0.496 e. The van der Waals surface area contributed by atoms with Gasteiger partial charge in [0, 0.05) is 11.6 Å². The van der Waals surface area contributed by atoms with Crippen molar-refractivity contribution in [3.63, 3.8) is 0 Å². The first-order chi connectivity index (χ1) is 9.69. The average molecular weight is 271 g/mol.